The van der Waals surface area contributed by atoms with Gasteiger partial charge >= 0.3 is 0 Å². The Morgan fingerprint density at radius 2 is 1.91 bits per heavy atom. The Morgan fingerprint density at radius 3 is 2.55 bits per heavy atom. The molecule has 0 aliphatic carbocycles. The fourth-order valence-electron chi connectivity index (χ4n) is 1.95. The predicted molar refractivity (Wildman–Crippen MR) is 82.3 cm³/mol. The van der Waals surface area contributed by atoms with Crippen molar-refractivity contribution in [3.63, 3.8) is 0 Å². The minimum Gasteiger partial charge on any atom is -0.479 e. The number of halogens is 1. The van der Waals surface area contributed by atoms with E-state index in [0.29, 0.717) is 36.2 Å². The maximum absolute atomic E-state index is 12.9. The number of nitrogens with two attached hydrogens (primary N) is 1. The van der Waals surface area contributed by atoms with E-state index in [-0.39, 0.29) is 12.4 Å². The second-order valence-corrected chi connectivity index (χ2v) is 4.65. The van der Waals surface area contributed by atoms with Crippen LogP contribution in [0.5, 0.6) is 5.88 Å². The molecular weight excluding hydrogens is 287 g/mol. The largest absolute Gasteiger partial charge is 0.479 e. The summed E-state index contributed by atoms with van der Waals surface area (Å²) < 4.78 is 23.0. The van der Waals surface area contributed by atoms with Crippen LogP contribution in [0.2, 0.25) is 0 Å². The van der Waals surface area contributed by atoms with Crippen LogP contribution >= 0.6 is 0 Å². The van der Waals surface area contributed by atoms with Crippen molar-refractivity contribution in [3.8, 4) is 5.88 Å². The summed E-state index contributed by atoms with van der Waals surface area (Å²) in [5.41, 5.74) is 7.32. The zero-order chi connectivity index (χ0) is 15.9. The number of ether oxygens (including phenoxy) is 2. The van der Waals surface area contributed by atoms with Crippen molar-refractivity contribution in [3.05, 3.63) is 41.5 Å². The van der Waals surface area contributed by atoms with Gasteiger partial charge < -0.3 is 20.5 Å². The quantitative estimate of drug-likeness (QED) is 0.814. The molecule has 7 heteroatoms. The van der Waals surface area contributed by atoms with Crippen LogP contribution in [-0.4, -0.2) is 30.7 Å². The first-order chi connectivity index (χ1) is 10.6. The van der Waals surface area contributed by atoms with E-state index in [4.69, 9.17) is 15.2 Å². The van der Waals surface area contributed by atoms with E-state index in [2.05, 4.69) is 15.3 Å². The van der Waals surface area contributed by atoms with Gasteiger partial charge in [-0.15, -0.1) is 0 Å². The summed E-state index contributed by atoms with van der Waals surface area (Å²) in [6, 6.07) is 6.37. The molecule has 118 valence electrons. The lowest BCUT2D eigenvalue weighted by Crippen LogP contribution is -2.12. The van der Waals surface area contributed by atoms with Crippen LogP contribution in [0.25, 0.3) is 0 Å². The van der Waals surface area contributed by atoms with Gasteiger partial charge in [-0.3, -0.25) is 0 Å². The Labute approximate surface area is 128 Å². The zero-order valence-electron chi connectivity index (χ0n) is 12.6. The molecule has 0 aliphatic heterocycles. The Balaban J connectivity index is 2.04. The molecule has 0 fully saturated rings. The van der Waals surface area contributed by atoms with E-state index < -0.39 is 0 Å². The van der Waals surface area contributed by atoms with Crippen LogP contribution in [0.4, 0.5) is 15.9 Å². The summed E-state index contributed by atoms with van der Waals surface area (Å²) >= 11 is 0. The molecule has 0 saturated carbocycles. The molecule has 1 aromatic heterocycles. The summed E-state index contributed by atoms with van der Waals surface area (Å²) in [5.74, 6) is 1.05. The SMILES string of the molecule is COCc1nc(NCCc2ccc(F)cc2)c(N)c(OC)n1. The van der Waals surface area contributed by atoms with Gasteiger partial charge in [-0.05, 0) is 24.1 Å². The Morgan fingerprint density at radius 1 is 1.18 bits per heavy atom. The van der Waals surface area contributed by atoms with E-state index >= 15 is 0 Å². The number of methoxy groups -OCH3 is 2. The lowest BCUT2D eigenvalue weighted by Gasteiger charge is -2.12. The molecule has 0 aliphatic rings. The summed E-state index contributed by atoms with van der Waals surface area (Å²) in [7, 11) is 3.06. The van der Waals surface area contributed by atoms with Crippen LogP contribution in [0.3, 0.4) is 0 Å². The fraction of sp³-hybridized carbons (Fsp3) is 0.333. The Kier molecular flexibility index (Phi) is 5.48. The molecule has 22 heavy (non-hydrogen) atoms. The molecule has 0 unspecified atom stereocenters. The first-order valence-electron chi connectivity index (χ1n) is 6.81. The Bertz CT molecular complexity index is 620. The number of nitrogen functional groups attached to an aromatic ring is 1. The second-order valence-electron chi connectivity index (χ2n) is 4.65. The van der Waals surface area contributed by atoms with Crippen LogP contribution < -0.4 is 15.8 Å². The van der Waals surface area contributed by atoms with Gasteiger partial charge in [0.15, 0.2) is 11.6 Å². The predicted octanol–water partition coefficient (Wildman–Crippen LogP) is 2.01. The number of anilines is 2. The van der Waals surface area contributed by atoms with Crippen molar-refractivity contribution in [2.75, 3.05) is 31.8 Å². The molecule has 6 nitrogen and oxygen atoms in total. The van der Waals surface area contributed by atoms with Gasteiger partial charge in [0.25, 0.3) is 0 Å². The molecule has 1 heterocycles. The average molecular weight is 306 g/mol. The van der Waals surface area contributed by atoms with Gasteiger partial charge in [-0.1, -0.05) is 12.1 Å². The molecule has 2 aromatic rings. The minimum atomic E-state index is -0.245. The first kappa shape index (κ1) is 16.0. The smallest absolute Gasteiger partial charge is 0.242 e. The number of rotatable bonds is 7. The summed E-state index contributed by atoms with van der Waals surface area (Å²) in [5, 5.41) is 3.14. The monoisotopic (exact) mass is 306 g/mol. The second kappa shape index (κ2) is 7.56. The van der Waals surface area contributed by atoms with E-state index in [1.165, 1.54) is 19.2 Å². The minimum absolute atomic E-state index is 0.245. The zero-order valence-corrected chi connectivity index (χ0v) is 12.6. The number of hydrogen-bond acceptors (Lipinski definition) is 6. The fourth-order valence-corrected chi connectivity index (χ4v) is 1.95. The third kappa shape index (κ3) is 4.05. The average Bonchev–Trinajstić information content (AvgIpc) is 2.52. The highest BCUT2D eigenvalue weighted by atomic mass is 19.1. The highest BCUT2D eigenvalue weighted by Crippen LogP contribution is 2.25. The van der Waals surface area contributed by atoms with Gasteiger partial charge in [0.2, 0.25) is 5.88 Å². The lowest BCUT2D eigenvalue weighted by atomic mass is 10.1. The Hall–Kier alpha value is -2.41. The molecule has 3 N–H and O–H groups in total. The van der Waals surface area contributed by atoms with E-state index in [1.807, 2.05) is 0 Å². The maximum atomic E-state index is 12.9. The van der Waals surface area contributed by atoms with Gasteiger partial charge in [-0.25, -0.2) is 9.37 Å². The van der Waals surface area contributed by atoms with Crippen LogP contribution in [-0.2, 0) is 17.8 Å². The standard InChI is InChI=1S/C15H19FN4O2/c1-21-9-12-19-14(13(17)15(20-12)22-2)18-8-7-10-3-5-11(16)6-4-10/h3-6H,7-9,17H2,1-2H3,(H,18,19,20). The number of benzene rings is 1. The van der Waals surface area contributed by atoms with Crippen LogP contribution in [0, 0.1) is 5.82 Å². The number of nitrogens with one attached hydrogen (secondary N) is 1. The summed E-state index contributed by atoms with van der Waals surface area (Å²) in [4.78, 5) is 8.46. The molecule has 1 aromatic carbocycles. The van der Waals surface area contributed by atoms with Crippen LogP contribution in [0.15, 0.2) is 24.3 Å². The normalized spacial score (nSPS) is 10.5. The number of hydrogen-bond donors (Lipinski definition) is 2. The van der Waals surface area contributed by atoms with Gasteiger partial charge in [0.05, 0.1) is 7.11 Å². The van der Waals surface area contributed by atoms with Crippen molar-refractivity contribution in [1.82, 2.24) is 9.97 Å². The van der Waals surface area contributed by atoms with Crippen molar-refractivity contribution in [2.24, 2.45) is 0 Å². The molecule has 0 bridgehead atoms. The molecule has 0 amide bonds. The lowest BCUT2D eigenvalue weighted by molar-refractivity contribution is 0.177. The van der Waals surface area contributed by atoms with E-state index in [1.54, 1.807) is 19.2 Å². The topological polar surface area (TPSA) is 82.3 Å². The van der Waals surface area contributed by atoms with Crippen LogP contribution in [0.1, 0.15) is 11.4 Å². The van der Waals surface area contributed by atoms with E-state index in [9.17, 15) is 4.39 Å². The summed E-state index contributed by atoms with van der Waals surface area (Å²) in [6.45, 7) is 0.867. The molecule has 0 radical (unpaired) electrons. The number of nitrogens with zero attached hydrogens (tertiary/aromatic N) is 2. The molecular formula is C15H19FN4O2. The highest BCUT2D eigenvalue weighted by Gasteiger charge is 2.12. The molecule has 0 atom stereocenters. The summed E-state index contributed by atoms with van der Waals surface area (Å²) in [6.07, 6.45) is 0.714. The molecule has 0 spiro atoms. The third-order valence-corrected chi connectivity index (χ3v) is 3.04. The van der Waals surface area contributed by atoms with Crippen molar-refractivity contribution in [1.29, 1.82) is 0 Å². The highest BCUT2D eigenvalue weighted by molar-refractivity contribution is 5.66. The number of aromatic nitrogens is 2. The van der Waals surface area contributed by atoms with E-state index in [0.717, 1.165) is 5.56 Å². The third-order valence-electron chi connectivity index (χ3n) is 3.04. The molecule has 2 rings (SSSR count). The molecule has 0 saturated heterocycles. The van der Waals surface area contributed by atoms with Crippen molar-refractivity contribution >= 4 is 11.5 Å². The van der Waals surface area contributed by atoms with Crippen molar-refractivity contribution in [2.45, 2.75) is 13.0 Å². The van der Waals surface area contributed by atoms with Gasteiger partial charge in [-0.2, -0.15) is 4.98 Å². The van der Waals surface area contributed by atoms with Gasteiger partial charge in [0.1, 0.15) is 18.1 Å². The first-order valence-corrected chi connectivity index (χ1v) is 6.81. The van der Waals surface area contributed by atoms with Crippen molar-refractivity contribution < 1.29 is 13.9 Å². The maximum Gasteiger partial charge on any atom is 0.242 e. The van der Waals surface area contributed by atoms with Gasteiger partial charge in [0, 0.05) is 13.7 Å².